The molecule has 0 fully saturated rings. The maximum Gasteiger partial charge on any atom is 0.338 e. The number of rotatable bonds is 5. The zero-order chi connectivity index (χ0) is 15.3. The molecule has 1 aromatic rings. The minimum absolute atomic E-state index is 0.0290. The number of ether oxygens (including phenoxy) is 2. The van der Waals surface area contributed by atoms with Crippen LogP contribution in [-0.4, -0.2) is 25.2 Å². The number of carbonyl (C=O) groups is 2. The van der Waals surface area contributed by atoms with Crippen LogP contribution in [0.5, 0.6) is 0 Å². The SMILES string of the molecule is C=C(C)C(=O)OCCOC(=O)c1cc(C)cc(C)c1C. The number of hydrogen-bond acceptors (Lipinski definition) is 4. The highest BCUT2D eigenvalue weighted by Gasteiger charge is 2.13. The lowest BCUT2D eigenvalue weighted by Gasteiger charge is -2.10. The zero-order valence-electron chi connectivity index (χ0n) is 12.4. The molecule has 0 aliphatic rings. The maximum atomic E-state index is 12.0. The highest BCUT2D eigenvalue weighted by Crippen LogP contribution is 2.16. The molecule has 0 saturated heterocycles. The highest BCUT2D eigenvalue weighted by atomic mass is 16.6. The van der Waals surface area contributed by atoms with Gasteiger partial charge in [0.05, 0.1) is 5.56 Å². The summed E-state index contributed by atoms with van der Waals surface area (Å²) in [7, 11) is 0. The molecular weight excluding hydrogens is 256 g/mol. The smallest absolute Gasteiger partial charge is 0.338 e. The molecule has 1 aromatic carbocycles. The minimum atomic E-state index is -0.483. The largest absolute Gasteiger partial charge is 0.459 e. The molecule has 4 heteroatoms. The Kier molecular flexibility index (Phi) is 5.50. The molecule has 0 aliphatic carbocycles. The van der Waals surface area contributed by atoms with Gasteiger partial charge in [0.15, 0.2) is 0 Å². The maximum absolute atomic E-state index is 12.0. The fourth-order valence-electron chi connectivity index (χ4n) is 1.72. The second-order valence-electron chi connectivity index (χ2n) is 4.81. The van der Waals surface area contributed by atoms with Crippen LogP contribution in [0.3, 0.4) is 0 Å². The summed E-state index contributed by atoms with van der Waals surface area (Å²) in [5.41, 5.74) is 3.83. The van der Waals surface area contributed by atoms with Crippen LogP contribution in [-0.2, 0) is 14.3 Å². The predicted octanol–water partition coefficient (Wildman–Crippen LogP) is 2.89. The second kappa shape index (κ2) is 6.89. The normalized spacial score (nSPS) is 10.0. The first-order valence-corrected chi connectivity index (χ1v) is 6.40. The van der Waals surface area contributed by atoms with Gasteiger partial charge in [-0.15, -0.1) is 0 Å². The van der Waals surface area contributed by atoms with E-state index in [0.717, 1.165) is 16.7 Å². The van der Waals surface area contributed by atoms with Crippen LogP contribution in [0.4, 0.5) is 0 Å². The summed E-state index contributed by atoms with van der Waals surface area (Å²) in [6.07, 6.45) is 0. The molecule has 0 radical (unpaired) electrons. The van der Waals surface area contributed by atoms with Crippen molar-refractivity contribution >= 4 is 11.9 Å². The van der Waals surface area contributed by atoms with Gasteiger partial charge in [0, 0.05) is 5.57 Å². The van der Waals surface area contributed by atoms with Crippen LogP contribution in [0.1, 0.15) is 34.0 Å². The Labute approximate surface area is 119 Å². The number of aryl methyl sites for hydroxylation is 2. The van der Waals surface area contributed by atoms with Gasteiger partial charge in [0.25, 0.3) is 0 Å². The lowest BCUT2D eigenvalue weighted by atomic mass is 10.0. The molecule has 0 aromatic heterocycles. The lowest BCUT2D eigenvalue weighted by molar-refractivity contribution is -0.140. The van der Waals surface area contributed by atoms with Crippen LogP contribution < -0.4 is 0 Å². The van der Waals surface area contributed by atoms with Crippen LogP contribution in [0.25, 0.3) is 0 Å². The first kappa shape index (κ1) is 16.0. The van der Waals surface area contributed by atoms with Crippen molar-refractivity contribution in [1.82, 2.24) is 0 Å². The number of carbonyl (C=O) groups excluding carboxylic acids is 2. The molecule has 0 amide bonds. The van der Waals surface area contributed by atoms with Gasteiger partial charge < -0.3 is 9.47 Å². The summed E-state index contributed by atoms with van der Waals surface area (Å²) < 4.78 is 9.95. The molecule has 0 unspecified atom stereocenters. The molecule has 0 saturated carbocycles. The van der Waals surface area contributed by atoms with Crippen molar-refractivity contribution in [3.8, 4) is 0 Å². The molecule has 0 spiro atoms. The molecule has 0 bridgehead atoms. The Hall–Kier alpha value is -2.10. The zero-order valence-corrected chi connectivity index (χ0v) is 12.4. The number of hydrogen-bond donors (Lipinski definition) is 0. The van der Waals surface area contributed by atoms with E-state index in [-0.39, 0.29) is 13.2 Å². The molecule has 108 valence electrons. The van der Waals surface area contributed by atoms with Gasteiger partial charge >= 0.3 is 11.9 Å². The van der Waals surface area contributed by atoms with Gasteiger partial charge in [-0.3, -0.25) is 0 Å². The summed E-state index contributed by atoms with van der Waals surface area (Å²) in [5, 5.41) is 0. The summed E-state index contributed by atoms with van der Waals surface area (Å²) in [6.45, 7) is 10.9. The minimum Gasteiger partial charge on any atom is -0.459 e. The van der Waals surface area contributed by atoms with Crippen LogP contribution in [0.2, 0.25) is 0 Å². The van der Waals surface area contributed by atoms with Crippen molar-refractivity contribution < 1.29 is 19.1 Å². The van der Waals surface area contributed by atoms with E-state index in [0.29, 0.717) is 11.1 Å². The first-order chi connectivity index (χ1) is 9.32. The first-order valence-electron chi connectivity index (χ1n) is 6.40. The lowest BCUT2D eigenvalue weighted by Crippen LogP contribution is -2.15. The fraction of sp³-hybridized carbons (Fsp3) is 0.375. The molecular formula is C16H20O4. The third-order valence-corrected chi connectivity index (χ3v) is 2.93. The van der Waals surface area contributed by atoms with E-state index in [2.05, 4.69) is 6.58 Å². The summed E-state index contributed by atoms with van der Waals surface area (Å²) >= 11 is 0. The van der Waals surface area contributed by atoms with Crippen LogP contribution in [0, 0.1) is 20.8 Å². The third kappa shape index (κ3) is 4.23. The summed E-state index contributed by atoms with van der Waals surface area (Å²) in [4.78, 5) is 23.1. The average Bonchev–Trinajstić information content (AvgIpc) is 2.38. The van der Waals surface area contributed by atoms with Gasteiger partial charge in [-0.1, -0.05) is 12.6 Å². The van der Waals surface area contributed by atoms with E-state index in [1.807, 2.05) is 26.8 Å². The van der Waals surface area contributed by atoms with Crippen molar-refractivity contribution in [2.45, 2.75) is 27.7 Å². The Morgan fingerprint density at radius 2 is 1.70 bits per heavy atom. The molecule has 20 heavy (non-hydrogen) atoms. The predicted molar refractivity (Wildman–Crippen MR) is 76.7 cm³/mol. The van der Waals surface area contributed by atoms with E-state index in [1.54, 1.807) is 13.0 Å². The highest BCUT2D eigenvalue weighted by molar-refractivity contribution is 5.91. The second-order valence-corrected chi connectivity index (χ2v) is 4.81. The van der Waals surface area contributed by atoms with Crippen molar-refractivity contribution in [2.24, 2.45) is 0 Å². The van der Waals surface area contributed by atoms with Crippen molar-refractivity contribution in [3.05, 3.63) is 46.5 Å². The summed E-state index contributed by atoms with van der Waals surface area (Å²) in [5.74, 6) is -0.885. The standard InChI is InChI=1S/C16H20O4/c1-10(2)15(17)19-6-7-20-16(18)14-9-11(3)8-12(4)13(14)5/h8-9H,1,6-7H2,2-5H3. The molecule has 0 atom stereocenters. The third-order valence-electron chi connectivity index (χ3n) is 2.93. The molecule has 4 nitrogen and oxygen atoms in total. The molecule has 1 rings (SSSR count). The van der Waals surface area contributed by atoms with E-state index >= 15 is 0 Å². The Morgan fingerprint density at radius 1 is 1.10 bits per heavy atom. The van der Waals surface area contributed by atoms with E-state index in [9.17, 15) is 9.59 Å². The number of benzene rings is 1. The quantitative estimate of drug-likeness (QED) is 0.471. The van der Waals surface area contributed by atoms with Crippen molar-refractivity contribution in [3.63, 3.8) is 0 Å². The van der Waals surface area contributed by atoms with Gasteiger partial charge in [-0.05, 0) is 50.5 Å². The van der Waals surface area contributed by atoms with Gasteiger partial charge in [-0.25, -0.2) is 9.59 Å². The van der Waals surface area contributed by atoms with Crippen molar-refractivity contribution in [2.75, 3.05) is 13.2 Å². The van der Waals surface area contributed by atoms with Gasteiger partial charge in [-0.2, -0.15) is 0 Å². The number of esters is 2. The Balaban J connectivity index is 2.56. The van der Waals surface area contributed by atoms with Gasteiger partial charge in [0.1, 0.15) is 13.2 Å². The monoisotopic (exact) mass is 276 g/mol. The van der Waals surface area contributed by atoms with E-state index in [4.69, 9.17) is 9.47 Å². The molecule has 0 heterocycles. The topological polar surface area (TPSA) is 52.6 Å². The Bertz CT molecular complexity index is 544. The van der Waals surface area contributed by atoms with E-state index in [1.165, 1.54) is 0 Å². The fourth-order valence-corrected chi connectivity index (χ4v) is 1.72. The molecule has 0 aliphatic heterocycles. The van der Waals surface area contributed by atoms with Crippen molar-refractivity contribution in [1.29, 1.82) is 0 Å². The van der Waals surface area contributed by atoms with Crippen LogP contribution in [0.15, 0.2) is 24.3 Å². The molecule has 0 N–H and O–H groups in total. The van der Waals surface area contributed by atoms with E-state index < -0.39 is 11.9 Å². The van der Waals surface area contributed by atoms with Crippen LogP contribution >= 0.6 is 0 Å². The summed E-state index contributed by atoms with van der Waals surface area (Å²) in [6, 6.07) is 3.81. The van der Waals surface area contributed by atoms with Gasteiger partial charge in [0.2, 0.25) is 0 Å². The average molecular weight is 276 g/mol. The Morgan fingerprint density at radius 3 is 2.30 bits per heavy atom.